The largest absolute Gasteiger partial charge is 0.495 e. The second-order valence-electron chi connectivity index (χ2n) is 6.26. The van der Waals surface area contributed by atoms with Crippen LogP contribution in [0.4, 0.5) is 0 Å². The second-order valence-corrected chi connectivity index (χ2v) is 10.8. The molecule has 2 aromatic rings. The number of benzene rings is 2. The number of hydrogen-bond donors (Lipinski definition) is 0. The van der Waals surface area contributed by atoms with Gasteiger partial charge in [0.25, 0.3) is 0 Å². The van der Waals surface area contributed by atoms with Crippen LogP contribution in [-0.4, -0.2) is 46.6 Å². The van der Waals surface area contributed by atoms with Gasteiger partial charge in [-0.3, -0.25) is 0 Å². The Hall–Kier alpha value is -1.61. The molecule has 9 heteroatoms. The van der Waals surface area contributed by atoms with Gasteiger partial charge < -0.3 is 4.74 Å². The molecule has 2 aromatic carbocycles. The number of ether oxygens (including phenoxy) is 1. The summed E-state index contributed by atoms with van der Waals surface area (Å²) in [7, 11) is -5.76. The monoisotopic (exact) mass is 429 g/mol. The van der Waals surface area contributed by atoms with Crippen LogP contribution in [0.1, 0.15) is 12.8 Å². The summed E-state index contributed by atoms with van der Waals surface area (Å²) in [6, 6.07) is 12.5. The molecule has 6 nitrogen and oxygen atoms in total. The van der Waals surface area contributed by atoms with Crippen LogP contribution in [-0.2, 0) is 19.9 Å². The molecule has 0 atom stereocenters. The molecule has 1 saturated heterocycles. The minimum absolute atomic E-state index is 0.0673. The fourth-order valence-corrected chi connectivity index (χ4v) is 6.71. The highest BCUT2D eigenvalue weighted by molar-refractivity contribution is 7.92. The maximum atomic E-state index is 12.8. The van der Waals surface area contributed by atoms with Crippen LogP contribution in [0.15, 0.2) is 58.3 Å². The average Bonchev–Trinajstić information content (AvgIpc) is 2.68. The standard InChI is InChI=1S/C18H20ClNO5S2/c1-25-18-8-7-16(13-17(18)19)27(23,24)20-11-9-15(10-12-20)26(21,22)14-5-3-2-4-6-14/h2-8,13,15H,9-12H2,1H3. The average molecular weight is 430 g/mol. The van der Waals surface area contributed by atoms with Gasteiger partial charge in [-0.25, -0.2) is 16.8 Å². The molecule has 0 bridgehead atoms. The lowest BCUT2D eigenvalue weighted by Crippen LogP contribution is -2.42. The molecule has 1 aliphatic rings. The number of piperidine rings is 1. The van der Waals surface area contributed by atoms with E-state index in [1.807, 2.05) is 0 Å². The lowest BCUT2D eigenvalue weighted by atomic mass is 10.2. The predicted molar refractivity (Wildman–Crippen MR) is 103 cm³/mol. The number of hydrogen-bond acceptors (Lipinski definition) is 5. The molecule has 1 aliphatic heterocycles. The molecule has 0 radical (unpaired) electrons. The number of sulfone groups is 1. The maximum Gasteiger partial charge on any atom is 0.243 e. The van der Waals surface area contributed by atoms with Crippen LogP contribution in [0.5, 0.6) is 5.75 Å². The first-order valence-corrected chi connectivity index (χ1v) is 11.8. The van der Waals surface area contributed by atoms with Gasteiger partial charge in [-0.2, -0.15) is 4.31 Å². The van der Waals surface area contributed by atoms with Crippen molar-refractivity contribution in [1.82, 2.24) is 4.31 Å². The fourth-order valence-electron chi connectivity index (χ4n) is 3.14. The van der Waals surface area contributed by atoms with E-state index in [1.54, 1.807) is 30.3 Å². The molecule has 1 fully saturated rings. The SMILES string of the molecule is COc1ccc(S(=O)(=O)N2CCC(S(=O)(=O)c3ccccc3)CC2)cc1Cl. The number of methoxy groups -OCH3 is 1. The van der Waals surface area contributed by atoms with E-state index in [1.165, 1.54) is 29.6 Å². The van der Waals surface area contributed by atoms with Crippen LogP contribution in [0, 0.1) is 0 Å². The Kier molecular flexibility index (Phi) is 5.81. The van der Waals surface area contributed by atoms with Gasteiger partial charge in [-0.15, -0.1) is 0 Å². The van der Waals surface area contributed by atoms with E-state index in [9.17, 15) is 16.8 Å². The molecular weight excluding hydrogens is 410 g/mol. The molecule has 27 heavy (non-hydrogen) atoms. The summed E-state index contributed by atoms with van der Waals surface area (Å²) < 4.78 is 57.5. The summed E-state index contributed by atoms with van der Waals surface area (Å²) in [5, 5.41) is -0.383. The van der Waals surface area contributed by atoms with E-state index in [2.05, 4.69) is 0 Å². The Morgan fingerprint density at radius 1 is 0.963 bits per heavy atom. The first-order valence-electron chi connectivity index (χ1n) is 8.39. The molecule has 0 saturated carbocycles. The Balaban J connectivity index is 1.76. The molecule has 1 heterocycles. The van der Waals surface area contributed by atoms with Gasteiger partial charge in [0.15, 0.2) is 9.84 Å². The third-order valence-electron chi connectivity index (χ3n) is 4.67. The van der Waals surface area contributed by atoms with Gasteiger partial charge in [-0.1, -0.05) is 29.8 Å². The molecule has 0 amide bonds. The first-order chi connectivity index (χ1) is 12.8. The highest BCUT2D eigenvalue weighted by Gasteiger charge is 2.35. The zero-order valence-corrected chi connectivity index (χ0v) is 17.1. The Labute approximate surface area is 164 Å². The molecular formula is C18H20ClNO5S2. The predicted octanol–water partition coefficient (Wildman–Crippen LogP) is 2.98. The highest BCUT2D eigenvalue weighted by Crippen LogP contribution is 2.31. The Bertz CT molecular complexity index is 1010. The van der Waals surface area contributed by atoms with Crippen molar-refractivity contribution in [2.45, 2.75) is 27.9 Å². The lowest BCUT2D eigenvalue weighted by molar-refractivity contribution is 0.345. The second kappa shape index (κ2) is 7.79. The number of nitrogens with zero attached hydrogens (tertiary/aromatic N) is 1. The zero-order chi connectivity index (χ0) is 19.7. The van der Waals surface area contributed by atoms with Gasteiger partial charge >= 0.3 is 0 Å². The van der Waals surface area contributed by atoms with Crippen molar-refractivity contribution >= 4 is 31.5 Å². The van der Waals surface area contributed by atoms with Crippen molar-refractivity contribution in [3.05, 3.63) is 53.6 Å². The lowest BCUT2D eigenvalue weighted by Gasteiger charge is -2.31. The van der Waals surface area contributed by atoms with Crippen LogP contribution in [0.25, 0.3) is 0 Å². The summed E-state index contributed by atoms with van der Waals surface area (Å²) in [6.07, 6.45) is 0.501. The highest BCUT2D eigenvalue weighted by atomic mass is 35.5. The fraction of sp³-hybridized carbons (Fsp3) is 0.333. The van der Waals surface area contributed by atoms with Gasteiger partial charge in [0, 0.05) is 13.1 Å². The molecule has 0 spiro atoms. The van der Waals surface area contributed by atoms with Gasteiger partial charge in [-0.05, 0) is 43.2 Å². The Morgan fingerprint density at radius 2 is 1.59 bits per heavy atom. The minimum Gasteiger partial charge on any atom is -0.495 e. The van der Waals surface area contributed by atoms with E-state index in [-0.39, 0.29) is 40.7 Å². The first kappa shape index (κ1) is 20.1. The van der Waals surface area contributed by atoms with E-state index < -0.39 is 25.1 Å². The Morgan fingerprint density at radius 3 is 2.15 bits per heavy atom. The van der Waals surface area contributed by atoms with Crippen LogP contribution < -0.4 is 4.74 Å². The van der Waals surface area contributed by atoms with Crippen LogP contribution in [0.3, 0.4) is 0 Å². The van der Waals surface area contributed by atoms with E-state index in [0.29, 0.717) is 5.75 Å². The van der Waals surface area contributed by atoms with Crippen LogP contribution >= 0.6 is 11.6 Å². The van der Waals surface area contributed by atoms with Crippen molar-refractivity contribution in [1.29, 1.82) is 0 Å². The number of sulfonamides is 1. The van der Waals surface area contributed by atoms with Gasteiger partial charge in [0.1, 0.15) is 5.75 Å². The molecule has 0 unspecified atom stereocenters. The third-order valence-corrected chi connectivity index (χ3v) is 9.14. The maximum absolute atomic E-state index is 12.8. The van der Waals surface area contributed by atoms with Gasteiger partial charge in [0.2, 0.25) is 10.0 Å². The third kappa shape index (κ3) is 3.99. The molecule has 0 N–H and O–H groups in total. The van der Waals surface area contributed by atoms with Crippen LogP contribution in [0.2, 0.25) is 5.02 Å². The van der Waals surface area contributed by atoms with E-state index in [4.69, 9.17) is 16.3 Å². The van der Waals surface area contributed by atoms with Crippen molar-refractivity contribution in [2.24, 2.45) is 0 Å². The summed E-state index contributed by atoms with van der Waals surface area (Å²) in [4.78, 5) is 0.339. The summed E-state index contributed by atoms with van der Waals surface area (Å²) in [5.41, 5.74) is 0. The topological polar surface area (TPSA) is 80.8 Å². The molecule has 0 aromatic heterocycles. The van der Waals surface area contributed by atoms with Gasteiger partial charge in [0.05, 0.1) is 27.2 Å². The number of halogens is 1. The smallest absolute Gasteiger partial charge is 0.243 e. The van der Waals surface area contributed by atoms with Crippen molar-refractivity contribution in [3.8, 4) is 5.75 Å². The molecule has 146 valence electrons. The van der Waals surface area contributed by atoms with Crippen molar-refractivity contribution < 1.29 is 21.6 Å². The quantitative estimate of drug-likeness (QED) is 0.729. The summed E-state index contributed by atoms with van der Waals surface area (Å²) in [6.45, 7) is 0.283. The van der Waals surface area contributed by atoms with E-state index in [0.717, 1.165) is 0 Å². The van der Waals surface area contributed by atoms with Crippen molar-refractivity contribution in [3.63, 3.8) is 0 Å². The number of rotatable bonds is 5. The summed E-state index contributed by atoms with van der Waals surface area (Å²) in [5.74, 6) is 0.392. The normalized spacial score (nSPS) is 17.0. The molecule has 0 aliphatic carbocycles. The molecule has 3 rings (SSSR count). The van der Waals surface area contributed by atoms with Crippen molar-refractivity contribution in [2.75, 3.05) is 20.2 Å². The van der Waals surface area contributed by atoms with E-state index >= 15 is 0 Å². The zero-order valence-electron chi connectivity index (χ0n) is 14.7. The summed E-state index contributed by atoms with van der Waals surface area (Å²) >= 11 is 6.04. The minimum atomic E-state index is -3.74.